The van der Waals surface area contributed by atoms with E-state index >= 15 is 0 Å². The van der Waals surface area contributed by atoms with Crippen LogP contribution in [0.25, 0.3) is 0 Å². The standard InChI is InChI=1S/C12H17BrO3/c1-14-6-3-7-16-12-8-11(15-2)5-4-10(12)9-13/h4-5,8H,3,6-7,9H2,1-2H3. The zero-order chi connectivity index (χ0) is 11.8. The molecule has 0 heterocycles. The van der Waals surface area contributed by atoms with Crippen LogP contribution in [0.5, 0.6) is 11.5 Å². The molecule has 16 heavy (non-hydrogen) atoms. The minimum Gasteiger partial charge on any atom is -0.497 e. The second-order valence-corrected chi connectivity index (χ2v) is 3.86. The predicted molar refractivity (Wildman–Crippen MR) is 67.6 cm³/mol. The quantitative estimate of drug-likeness (QED) is 0.570. The molecule has 0 spiro atoms. The van der Waals surface area contributed by atoms with Gasteiger partial charge in [0, 0.05) is 37.1 Å². The maximum absolute atomic E-state index is 5.68. The molecular weight excluding hydrogens is 272 g/mol. The van der Waals surface area contributed by atoms with Crippen LogP contribution in [0.4, 0.5) is 0 Å². The third kappa shape index (κ3) is 4.02. The highest BCUT2D eigenvalue weighted by atomic mass is 79.9. The van der Waals surface area contributed by atoms with E-state index in [1.807, 2.05) is 18.2 Å². The zero-order valence-electron chi connectivity index (χ0n) is 9.66. The average molecular weight is 289 g/mol. The lowest BCUT2D eigenvalue weighted by Crippen LogP contribution is -2.03. The number of halogens is 1. The van der Waals surface area contributed by atoms with Crippen LogP contribution in [-0.2, 0) is 10.1 Å². The summed E-state index contributed by atoms with van der Waals surface area (Å²) in [5.41, 5.74) is 1.12. The van der Waals surface area contributed by atoms with Crippen LogP contribution in [0.2, 0.25) is 0 Å². The van der Waals surface area contributed by atoms with Crippen molar-refractivity contribution in [1.29, 1.82) is 0 Å². The average Bonchev–Trinajstić information content (AvgIpc) is 2.34. The second kappa shape index (κ2) is 7.52. The van der Waals surface area contributed by atoms with E-state index in [0.717, 1.165) is 28.8 Å². The molecule has 0 bridgehead atoms. The Hall–Kier alpha value is -0.740. The van der Waals surface area contributed by atoms with E-state index in [4.69, 9.17) is 14.2 Å². The van der Waals surface area contributed by atoms with Crippen molar-refractivity contribution in [3.8, 4) is 11.5 Å². The maximum atomic E-state index is 5.68. The Kier molecular flexibility index (Phi) is 6.26. The van der Waals surface area contributed by atoms with E-state index in [0.29, 0.717) is 13.2 Å². The Morgan fingerprint density at radius 3 is 2.62 bits per heavy atom. The highest BCUT2D eigenvalue weighted by Gasteiger charge is 2.04. The molecule has 0 aliphatic carbocycles. The molecule has 90 valence electrons. The minimum absolute atomic E-state index is 0.654. The molecule has 0 atom stereocenters. The molecule has 0 N–H and O–H groups in total. The van der Waals surface area contributed by atoms with E-state index in [-0.39, 0.29) is 0 Å². The first-order valence-corrected chi connectivity index (χ1v) is 6.28. The second-order valence-electron chi connectivity index (χ2n) is 3.30. The number of ether oxygens (including phenoxy) is 3. The van der Waals surface area contributed by atoms with E-state index in [9.17, 15) is 0 Å². The van der Waals surface area contributed by atoms with Gasteiger partial charge < -0.3 is 14.2 Å². The van der Waals surface area contributed by atoms with Crippen molar-refractivity contribution < 1.29 is 14.2 Å². The van der Waals surface area contributed by atoms with Crippen LogP contribution in [0.3, 0.4) is 0 Å². The van der Waals surface area contributed by atoms with Gasteiger partial charge in [-0.05, 0) is 6.07 Å². The van der Waals surface area contributed by atoms with Gasteiger partial charge in [-0.2, -0.15) is 0 Å². The first-order valence-electron chi connectivity index (χ1n) is 5.16. The molecule has 0 aliphatic heterocycles. The van der Waals surface area contributed by atoms with Crippen LogP contribution >= 0.6 is 15.9 Å². The van der Waals surface area contributed by atoms with E-state index in [1.165, 1.54) is 0 Å². The lowest BCUT2D eigenvalue weighted by molar-refractivity contribution is 0.172. The van der Waals surface area contributed by atoms with Gasteiger partial charge >= 0.3 is 0 Å². The Labute approximate surface area is 105 Å². The predicted octanol–water partition coefficient (Wildman–Crippen LogP) is 3.01. The fraction of sp³-hybridized carbons (Fsp3) is 0.500. The smallest absolute Gasteiger partial charge is 0.127 e. The highest BCUT2D eigenvalue weighted by Crippen LogP contribution is 2.26. The van der Waals surface area contributed by atoms with Gasteiger partial charge in [0.2, 0.25) is 0 Å². The summed E-state index contributed by atoms with van der Waals surface area (Å²) < 4.78 is 15.8. The first-order chi connectivity index (χ1) is 7.81. The number of methoxy groups -OCH3 is 2. The number of hydrogen-bond acceptors (Lipinski definition) is 3. The molecule has 0 aliphatic rings. The van der Waals surface area contributed by atoms with E-state index < -0.39 is 0 Å². The van der Waals surface area contributed by atoms with Crippen molar-refractivity contribution >= 4 is 15.9 Å². The molecule has 1 aromatic carbocycles. The van der Waals surface area contributed by atoms with Crippen molar-refractivity contribution in [2.45, 2.75) is 11.8 Å². The molecule has 1 aromatic rings. The SMILES string of the molecule is COCCCOc1cc(OC)ccc1CBr. The lowest BCUT2D eigenvalue weighted by atomic mass is 10.2. The van der Waals surface area contributed by atoms with Crippen molar-refractivity contribution in [3.63, 3.8) is 0 Å². The van der Waals surface area contributed by atoms with Crippen LogP contribution in [0.1, 0.15) is 12.0 Å². The summed E-state index contributed by atoms with van der Waals surface area (Å²) in [7, 11) is 3.34. The summed E-state index contributed by atoms with van der Waals surface area (Å²) in [4.78, 5) is 0. The minimum atomic E-state index is 0.654. The molecule has 0 unspecified atom stereocenters. The monoisotopic (exact) mass is 288 g/mol. The number of hydrogen-bond donors (Lipinski definition) is 0. The summed E-state index contributed by atoms with van der Waals surface area (Å²) in [6, 6.07) is 5.83. The molecule has 0 amide bonds. The zero-order valence-corrected chi connectivity index (χ0v) is 11.2. The van der Waals surface area contributed by atoms with Crippen LogP contribution < -0.4 is 9.47 Å². The maximum Gasteiger partial charge on any atom is 0.127 e. The third-order valence-corrected chi connectivity index (χ3v) is 2.77. The topological polar surface area (TPSA) is 27.7 Å². The van der Waals surface area contributed by atoms with Gasteiger partial charge in [-0.25, -0.2) is 0 Å². The van der Waals surface area contributed by atoms with Gasteiger partial charge in [-0.15, -0.1) is 0 Å². The normalized spacial score (nSPS) is 10.2. The summed E-state index contributed by atoms with van der Waals surface area (Å²) in [6.45, 7) is 1.37. The fourth-order valence-corrected chi connectivity index (χ4v) is 1.76. The summed E-state index contributed by atoms with van der Waals surface area (Å²) in [5, 5.41) is 0.774. The van der Waals surface area contributed by atoms with Gasteiger partial charge in [0.25, 0.3) is 0 Å². The Bertz CT molecular complexity index is 315. The molecule has 0 saturated heterocycles. The number of rotatable bonds is 7. The summed E-state index contributed by atoms with van der Waals surface area (Å²) >= 11 is 3.43. The Balaban J connectivity index is 2.60. The van der Waals surface area contributed by atoms with Gasteiger partial charge in [-0.1, -0.05) is 22.0 Å². The molecule has 0 fully saturated rings. The summed E-state index contributed by atoms with van der Waals surface area (Å²) in [6.07, 6.45) is 0.884. The molecular formula is C12H17BrO3. The van der Waals surface area contributed by atoms with Crippen molar-refractivity contribution in [3.05, 3.63) is 23.8 Å². The Morgan fingerprint density at radius 2 is 2.00 bits per heavy atom. The first kappa shape index (κ1) is 13.3. The van der Waals surface area contributed by atoms with Gasteiger partial charge in [0.05, 0.1) is 13.7 Å². The van der Waals surface area contributed by atoms with Crippen LogP contribution in [0, 0.1) is 0 Å². The number of alkyl halides is 1. The lowest BCUT2D eigenvalue weighted by Gasteiger charge is -2.11. The van der Waals surface area contributed by atoms with Crippen molar-refractivity contribution in [1.82, 2.24) is 0 Å². The van der Waals surface area contributed by atoms with Crippen molar-refractivity contribution in [2.24, 2.45) is 0 Å². The van der Waals surface area contributed by atoms with Crippen LogP contribution in [0.15, 0.2) is 18.2 Å². The molecule has 0 radical (unpaired) electrons. The largest absolute Gasteiger partial charge is 0.497 e. The highest BCUT2D eigenvalue weighted by molar-refractivity contribution is 9.08. The van der Waals surface area contributed by atoms with E-state index in [1.54, 1.807) is 14.2 Å². The number of benzene rings is 1. The van der Waals surface area contributed by atoms with Gasteiger partial charge in [-0.3, -0.25) is 0 Å². The molecule has 3 nitrogen and oxygen atoms in total. The summed E-state index contributed by atoms with van der Waals surface area (Å²) in [5.74, 6) is 1.68. The Morgan fingerprint density at radius 1 is 1.19 bits per heavy atom. The molecule has 0 aromatic heterocycles. The van der Waals surface area contributed by atoms with Crippen LogP contribution in [-0.4, -0.2) is 27.4 Å². The fourth-order valence-electron chi connectivity index (χ4n) is 1.29. The van der Waals surface area contributed by atoms with Gasteiger partial charge in [0.1, 0.15) is 11.5 Å². The molecule has 4 heteroatoms. The van der Waals surface area contributed by atoms with Gasteiger partial charge in [0.15, 0.2) is 0 Å². The molecule has 1 rings (SSSR count). The third-order valence-electron chi connectivity index (χ3n) is 2.17. The van der Waals surface area contributed by atoms with E-state index in [2.05, 4.69) is 15.9 Å². The van der Waals surface area contributed by atoms with Crippen molar-refractivity contribution in [2.75, 3.05) is 27.4 Å². The molecule has 0 saturated carbocycles.